The van der Waals surface area contributed by atoms with Crippen LogP contribution < -0.4 is 5.32 Å². The van der Waals surface area contributed by atoms with Crippen LogP contribution >= 0.6 is 0 Å². The molecule has 0 spiro atoms. The summed E-state index contributed by atoms with van der Waals surface area (Å²) in [6.45, 7) is 9.13. The molecule has 0 amide bonds. The maximum Gasteiger partial charge on any atom is 0.0658 e. The predicted molar refractivity (Wildman–Crippen MR) is 74.4 cm³/mol. The number of ether oxygens (including phenoxy) is 1. The molecule has 1 heterocycles. The van der Waals surface area contributed by atoms with Crippen molar-refractivity contribution in [3.05, 3.63) is 0 Å². The number of rotatable bonds is 8. The second kappa shape index (κ2) is 8.10. The first-order chi connectivity index (χ1) is 8.20. The SMILES string of the molecule is CCCCC(C)(CCCC)OC1CCNCC1. The van der Waals surface area contributed by atoms with Crippen molar-refractivity contribution in [2.75, 3.05) is 13.1 Å². The van der Waals surface area contributed by atoms with E-state index in [0.29, 0.717) is 6.10 Å². The van der Waals surface area contributed by atoms with Crippen molar-refractivity contribution in [1.82, 2.24) is 5.32 Å². The zero-order valence-electron chi connectivity index (χ0n) is 12.1. The molecule has 0 atom stereocenters. The first-order valence-corrected chi connectivity index (χ1v) is 7.58. The molecule has 1 N–H and O–H groups in total. The van der Waals surface area contributed by atoms with E-state index in [0.717, 1.165) is 13.1 Å². The topological polar surface area (TPSA) is 21.3 Å². The van der Waals surface area contributed by atoms with Crippen LogP contribution in [0.3, 0.4) is 0 Å². The van der Waals surface area contributed by atoms with Gasteiger partial charge < -0.3 is 10.1 Å². The molecule has 0 aromatic carbocycles. The van der Waals surface area contributed by atoms with Crippen LogP contribution in [0.2, 0.25) is 0 Å². The molecule has 2 nitrogen and oxygen atoms in total. The third kappa shape index (κ3) is 5.87. The molecule has 0 aromatic heterocycles. The summed E-state index contributed by atoms with van der Waals surface area (Å²) in [6, 6.07) is 0. The minimum Gasteiger partial charge on any atom is -0.372 e. The van der Waals surface area contributed by atoms with Gasteiger partial charge in [0.15, 0.2) is 0 Å². The standard InChI is InChI=1S/C15H31NO/c1-4-6-10-15(3,11-7-5-2)17-14-8-12-16-13-9-14/h14,16H,4-13H2,1-3H3. The van der Waals surface area contributed by atoms with Crippen molar-refractivity contribution < 1.29 is 4.74 Å². The van der Waals surface area contributed by atoms with Gasteiger partial charge in [-0.2, -0.15) is 0 Å². The molecule has 1 aliphatic heterocycles. The highest BCUT2D eigenvalue weighted by molar-refractivity contribution is 4.79. The average molecular weight is 241 g/mol. The Morgan fingerprint density at radius 2 is 1.59 bits per heavy atom. The van der Waals surface area contributed by atoms with Crippen LogP contribution in [0.5, 0.6) is 0 Å². The van der Waals surface area contributed by atoms with E-state index in [1.165, 1.54) is 51.4 Å². The quantitative estimate of drug-likeness (QED) is 0.696. The van der Waals surface area contributed by atoms with E-state index in [2.05, 4.69) is 26.1 Å². The molecule has 0 saturated carbocycles. The van der Waals surface area contributed by atoms with Crippen LogP contribution in [0.1, 0.15) is 72.1 Å². The van der Waals surface area contributed by atoms with E-state index < -0.39 is 0 Å². The van der Waals surface area contributed by atoms with E-state index >= 15 is 0 Å². The molecule has 1 fully saturated rings. The number of hydrogen-bond acceptors (Lipinski definition) is 2. The zero-order chi connectivity index (χ0) is 12.6. The number of piperidine rings is 1. The lowest BCUT2D eigenvalue weighted by Crippen LogP contribution is -2.39. The molecule has 1 aliphatic rings. The Morgan fingerprint density at radius 3 is 2.06 bits per heavy atom. The van der Waals surface area contributed by atoms with Crippen LogP contribution in [0, 0.1) is 0 Å². The van der Waals surface area contributed by atoms with E-state index in [4.69, 9.17) is 4.74 Å². The molecule has 0 unspecified atom stereocenters. The zero-order valence-corrected chi connectivity index (χ0v) is 12.1. The number of nitrogens with one attached hydrogen (secondary N) is 1. The molecule has 0 bridgehead atoms. The smallest absolute Gasteiger partial charge is 0.0658 e. The fourth-order valence-electron chi connectivity index (χ4n) is 2.66. The van der Waals surface area contributed by atoms with Gasteiger partial charge in [-0.05, 0) is 45.7 Å². The lowest BCUT2D eigenvalue weighted by Gasteiger charge is -2.36. The van der Waals surface area contributed by atoms with Gasteiger partial charge in [-0.1, -0.05) is 39.5 Å². The van der Waals surface area contributed by atoms with Crippen molar-refractivity contribution in [3.63, 3.8) is 0 Å². The molecule has 102 valence electrons. The molecule has 1 saturated heterocycles. The third-order valence-corrected chi connectivity index (χ3v) is 3.86. The number of unbranched alkanes of at least 4 members (excludes halogenated alkanes) is 2. The van der Waals surface area contributed by atoms with Gasteiger partial charge in [0.2, 0.25) is 0 Å². The largest absolute Gasteiger partial charge is 0.372 e. The average Bonchev–Trinajstić information content (AvgIpc) is 2.35. The minimum absolute atomic E-state index is 0.133. The Kier molecular flexibility index (Phi) is 7.14. The van der Waals surface area contributed by atoms with Gasteiger partial charge in [0.25, 0.3) is 0 Å². The second-order valence-electron chi connectivity index (χ2n) is 5.72. The van der Waals surface area contributed by atoms with Crippen molar-refractivity contribution in [2.45, 2.75) is 83.8 Å². The summed E-state index contributed by atoms with van der Waals surface area (Å²) in [7, 11) is 0. The van der Waals surface area contributed by atoms with Gasteiger partial charge in [0.05, 0.1) is 11.7 Å². The van der Waals surface area contributed by atoms with Crippen molar-refractivity contribution >= 4 is 0 Å². The van der Waals surface area contributed by atoms with Crippen molar-refractivity contribution in [1.29, 1.82) is 0 Å². The fraction of sp³-hybridized carbons (Fsp3) is 1.00. The summed E-state index contributed by atoms with van der Waals surface area (Å²) in [5.74, 6) is 0. The van der Waals surface area contributed by atoms with Crippen LogP contribution in [-0.4, -0.2) is 24.8 Å². The predicted octanol–water partition coefficient (Wildman–Crippen LogP) is 3.89. The van der Waals surface area contributed by atoms with E-state index in [1.54, 1.807) is 0 Å². The van der Waals surface area contributed by atoms with E-state index in [9.17, 15) is 0 Å². The Morgan fingerprint density at radius 1 is 1.06 bits per heavy atom. The van der Waals surface area contributed by atoms with Crippen LogP contribution in [-0.2, 0) is 4.74 Å². The van der Waals surface area contributed by atoms with Gasteiger partial charge in [-0.25, -0.2) is 0 Å². The normalized spacial score (nSPS) is 18.5. The van der Waals surface area contributed by atoms with E-state index in [-0.39, 0.29) is 5.60 Å². The van der Waals surface area contributed by atoms with Crippen molar-refractivity contribution in [2.24, 2.45) is 0 Å². The highest BCUT2D eigenvalue weighted by Gasteiger charge is 2.28. The molecular formula is C15H31NO. The summed E-state index contributed by atoms with van der Waals surface area (Å²) in [6.07, 6.45) is 10.5. The number of hydrogen-bond donors (Lipinski definition) is 1. The van der Waals surface area contributed by atoms with Crippen LogP contribution in [0.15, 0.2) is 0 Å². The Balaban J connectivity index is 2.42. The maximum atomic E-state index is 6.44. The van der Waals surface area contributed by atoms with Gasteiger partial charge in [0.1, 0.15) is 0 Å². The molecular weight excluding hydrogens is 210 g/mol. The van der Waals surface area contributed by atoms with Gasteiger partial charge in [0, 0.05) is 0 Å². The minimum atomic E-state index is 0.133. The lowest BCUT2D eigenvalue weighted by atomic mass is 9.92. The Hall–Kier alpha value is -0.0800. The van der Waals surface area contributed by atoms with Crippen LogP contribution in [0.25, 0.3) is 0 Å². The third-order valence-electron chi connectivity index (χ3n) is 3.86. The van der Waals surface area contributed by atoms with Crippen molar-refractivity contribution in [3.8, 4) is 0 Å². The second-order valence-corrected chi connectivity index (χ2v) is 5.72. The summed E-state index contributed by atoms with van der Waals surface area (Å²) < 4.78 is 6.44. The fourth-order valence-corrected chi connectivity index (χ4v) is 2.66. The van der Waals surface area contributed by atoms with Gasteiger partial charge in [-0.3, -0.25) is 0 Å². The first-order valence-electron chi connectivity index (χ1n) is 7.58. The summed E-state index contributed by atoms with van der Waals surface area (Å²) in [5.41, 5.74) is 0.133. The molecule has 0 radical (unpaired) electrons. The van der Waals surface area contributed by atoms with Crippen LogP contribution in [0.4, 0.5) is 0 Å². The highest BCUT2D eigenvalue weighted by Crippen LogP contribution is 2.28. The summed E-state index contributed by atoms with van der Waals surface area (Å²) >= 11 is 0. The van der Waals surface area contributed by atoms with E-state index in [1.807, 2.05) is 0 Å². The van der Waals surface area contributed by atoms with Gasteiger partial charge in [-0.15, -0.1) is 0 Å². The Bertz CT molecular complexity index is 179. The summed E-state index contributed by atoms with van der Waals surface area (Å²) in [4.78, 5) is 0. The highest BCUT2D eigenvalue weighted by atomic mass is 16.5. The monoisotopic (exact) mass is 241 g/mol. The molecule has 0 aromatic rings. The molecule has 1 rings (SSSR count). The molecule has 0 aliphatic carbocycles. The molecule has 17 heavy (non-hydrogen) atoms. The van der Waals surface area contributed by atoms with Gasteiger partial charge >= 0.3 is 0 Å². The Labute approximate surface area is 108 Å². The lowest BCUT2D eigenvalue weighted by molar-refractivity contribution is -0.103. The summed E-state index contributed by atoms with van der Waals surface area (Å²) in [5, 5.41) is 3.41. The maximum absolute atomic E-state index is 6.44. The molecule has 2 heteroatoms. The first kappa shape index (κ1) is 15.0.